The Balaban J connectivity index is 1.50. The fraction of sp³-hybridized carbons (Fsp3) is 0.444. The normalized spacial score (nSPS) is 26.8. The number of hydrogen-bond donors (Lipinski definition) is 2. The van der Waals surface area contributed by atoms with Crippen LogP contribution >= 0.6 is 27.5 Å². The summed E-state index contributed by atoms with van der Waals surface area (Å²) in [4.78, 5) is 58.6. The Morgan fingerprint density at radius 1 is 1.19 bits per heavy atom. The third kappa shape index (κ3) is 6.70. The Bertz CT molecular complexity index is 1540. The second kappa shape index (κ2) is 15.4. The largest absolute Gasteiger partial charge is 0.455 e. The SMILES string of the molecule is C=CCCC(=O)N[C@H](C)[C@@H](OC(=O)[C@@H]1[C@H]2O[C@@]3(CC2Br)[C@H](C(=O)N(CC=C)c2ccccc2Cl)N(CCCO)C(=O)[C@@H]13)c1ccccc1. The molecule has 2 aromatic rings. The van der Waals surface area contributed by atoms with Gasteiger partial charge in [-0.3, -0.25) is 19.2 Å². The molecule has 3 aliphatic rings. The zero-order valence-corrected chi connectivity index (χ0v) is 29.1. The molecule has 12 heteroatoms. The summed E-state index contributed by atoms with van der Waals surface area (Å²) in [6.45, 7) is 9.25. The highest BCUT2D eigenvalue weighted by Gasteiger charge is 2.77. The maximum Gasteiger partial charge on any atom is 0.313 e. The average molecular weight is 743 g/mol. The van der Waals surface area contributed by atoms with E-state index in [0.717, 1.165) is 0 Å². The maximum atomic E-state index is 14.7. The molecule has 8 atom stereocenters. The minimum Gasteiger partial charge on any atom is -0.455 e. The number of allylic oxidation sites excluding steroid dienone is 1. The first-order valence-corrected chi connectivity index (χ1v) is 17.4. The number of alkyl halides is 1. The molecule has 0 saturated carbocycles. The van der Waals surface area contributed by atoms with Gasteiger partial charge in [-0.05, 0) is 43.9 Å². The van der Waals surface area contributed by atoms with E-state index in [0.29, 0.717) is 29.1 Å². The number of likely N-dealkylation sites (tertiary alicyclic amines) is 1. The molecular formula is C36H41BrClN3O7. The van der Waals surface area contributed by atoms with Gasteiger partial charge in [-0.15, -0.1) is 13.2 Å². The molecule has 3 fully saturated rings. The summed E-state index contributed by atoms with van der Waals surface area (Å²) < 4.78 is 12.9. The molecular weight excluding hydrogens is 702 g/mol. The maximum absolute atomic E-state index is 14.7. The molecule has 1 spiro atoms. The van der Waals surface area contributed by atoms with Crippen molar-refractivity contribution in [1.82, 2.24) is 10.2 Å². The number of aliphatic hydroxyl groups excluding tert-OH is 1. The molecule has 48 heavy (non-hydrogen) atoms. The van der Waals surface area contributed by atoms with Crippen LogP contribution in [0.15, 0.2) is 79.9 Å². The minimum atomic E-state index is -1.35. The smallest absolute Gasteiger partial charge is 0.313 e. The van der Waals surface area contributed by atoms with Crippen molar-refractivity contribution in [3.63, 3.8) is 0 Å². The highest BCUT2D eigenvalue weighted by molar-refractivity contribution is 9.09. The number of carbonyl (C=O) groups is 4. The third-order valence-corrected chi connectivity index (χ3v) is 10.5. The number of hydrogen-bond acceptors (Lipinski definition) is 7. The Morgan fingerprint density at radius 3 is 2.56 bits per heavy atom. The molecule has 2 aromatic carbocycles. The van der Waals surface area contributed by atoms with E-state index in [2.05, 4.69) is 34.4 Å². The predicted molar refractivity (Wildman–Crippen MR) is 185 cm³/mol. The van der Waals surface area contributed by atoms with Crippen molar-refractivity contribution in [3.8, 4) is 0 Å². The molecule has 3 heterocycles. The molecule has 3 aliphatic heterocycles. The Hall–Kier alpha value is -3.51. The van der Waals surface area contributed by atoms with Gasteiger partial charge in [0.05, 0.1) is 34.7 Å². The van der Waals surface area contributed by atoms with E-state index in [4.69, 9.17) is 21.1 Å². The molecule has 0 aliphatic carbocycles. The van der Waals surface area contributed by atoms with Crippen molar-refractivity contribution in [3.05, 3.63) is 90.5 Å². The van der Waals surface area contributed by atoms with Gasteiger partial charge in [0, 0.05) is 30.9 Å². The summed E-state index contributed by atoms with van der Waals surface area (Å²) in [7, 11) is 0. The summed E-state index contributed by atoms with van der Waals surface area (Å²) in [6, 6.07) is 14.3. The van der Waals surface area contributed by atoms with Gasteiger partial charge in [-0.1, -0.05) is 82.1 Å². The van der Waals surface area contributed by atoms with Crippen LogP contribution in [-0.2, 0) is 28.7 Å². The van der Waals surface area contributed by atoms with Gasteiger partial charge < -0.3 is 29.7 Å². The number of ether oxygens (including phenoxy) is 2. The highest BCUT2D eigenvalue weighted by atomic mass is 79.9. The molecule has 5 rings (SSSR count). The van der Waals surface area contributed by atoms with E-state index in [9.17, 15) is 24.3 Å². The molecule has 3 saturated heterocycles. The highest BCUT2D eigenvalue weighted by Crippen LogP contribution is 2.60. The lowest BCUT2D eigenvalue weighted by Gasteiger charge is -2.37. The summed E-state index contributed by atoms with van der Waals surface area (Å²) in [5.74, 6) is -3.75. The van der Waals surface area contributed by atoms with Gasteiger partial charge in [0.1, 0.15) is 17.7 Å². The minimum absolute atomic E-state index is 0.0810. The molecule has 256 valence electrons. The lowest BCUT2D eigenvalue weighted by Crippen LogP contribution is -2.57. The Kier molecular flexibility index (Phi) is 11.5. The number of amides is 3. The number of rotatable bonds is 15. The van der Waals surface area contributed by atoms with Gasteiger partial charge in [0.2, 0.25) is 11.8 Å². The number of esters is 1. The molecule has 1 unspecified atom stereocenters. The summed E-state index contributed by atoms with van der Waals surface area (Å²) >= 11 is 10.2. The lowest BCUT2D eigenvalue weighted by molar-refractivity contribution is -0.162. The van der Waals surface area contributed by atoms with E-state index >= 15 is 0 Å². The second-order valence-electron chi connectivity index (χ2n) is 12.4. The fourth-order valence-electron chi connectivity index (χ4n) is 7.35. The van der Waals surface area contributed by atoms with E-state index in [-0.39, 0.29) is 43.3 Å². The third-order valence-electron chi connectivity index (χ3n) is 9.36. The molecule has 0 radical (unpaired) electrons. The monoisotopic (exact) mass is 741 g/mol. The van der Waals surface area contributed by atoms with Gasteiger partial charge in [-0.25, -0.2) is 0 Å². The van der Waals surface area contributed by atoms with Crippen molar-refractivity contribution in [2.24, 2.45) is 11.8 Å². The average Bonchev–Trinajstić information content (AvgIpc) is 3.67. The first-order valence-electron chi connectivity index (χ1n) is 16.1. The van der Waals surface area contributed by atoms with E-state index in [1.54, 1.807) is 43.3 Å². The predicted octanol–water partition coefficient (Wildman–Crippen LogP) is 4.74. The molecule has 2 N–H and O–H groups in total. The fourth-order valence-corrected chi connectivity index (χ4v) is 8.53. The lowest BCUT2D eigenvalue weighted by atomic mass is 9.70. The molecule has 10 nitrogen and oxygen atoms in total. The van der Waals surface area contributed by atoms with Crippen molar-refractivity contribution >= 4 is 56.9 Å². The van der Waals surface area contributed by atoms with Crippen LogP contribution in [0.25, 0.3) is 0 Å². The van der Waals surface area contributed by atoms with Gasteiger partial charge in [-0.2, -0.15) is 0 Å². The van der Waals surface area contributed by atoms with Crippen molar-refractivity contribution < 1.29 is 33.8 Å². The summed E-state index contributed by atoms with van der Waals surface area (Å²) in [5.41, 5.74) is -0.224. The van der Waals surface area contributed by atoms with Gasteiger partial charge >= 0.3 is 5.97 Å². The van der Waals surface area contributed by atoms with E-state index in [1.165, 1.54) is 9.80 Å². The topological polar surface area (TPSA) is 125 Å². The van der Waals surface area contributed by atoms with Crippen LogP contribution in [0.3, 0.4) is 0 Å². The van der Waals surface area contributed by atoms with E-state index < -0.39 is 59.5 Å². The van der Waals surface area contributed by atoms with E-state index in [1.807, 2.05) is 30.3 Å². The van der Waals surface area contributed by atoms with Crippen LogP contribution in [0.2, 0.25) is 5.02 Å². The Labute approximate surface area is 294 Å². The van der Waals surface area contributed by atoms with Crippen LogP contribution in [0, 0.1) is 11.8 Å². The second-order valence-corrected chi connectivity index (χ2v) is 14.0. The Morgan fingerprint density at radius 2 is 1.90 bits per heavy atom. The van der Waals surface area contributed by atoms with Crippen molar-refractivity contribution in [2.75, 3.05) is 24.6 Å². The van der Waals surface area contributed by atoms with Crippen LogP contribution in [0.5, 0.6) is 0 Å². The van der Waals surface area contributed by atoms with Crippen LogP contribution in [0.4, 0.5) is 5.69 Å². The van der Waals surface area contributed by atoms with Crippen molar-refractivity contribution in [2.45, 2.75) is 67.3 Å². The quantitative estimate of drug-likeness (QED) is 0.154. The first-order chi connectivity index (χ1) is 23.1. The van der Waals surface area contributed by atoms with Crippen LogP contribution in [-0.4, -0.2) is 82.0 Å². The number of carbonyl (C=O) groups excluding carboxylic acids is 4. The van der Waals surface area contributed by atoms with Gasteiger partial charge in [0.25, 0.3) is 5.91 Å². The zero-order valence-electron chi connectivity index (χ0n) is 26.8. The number of nitrogens with zero attached hydrogens (tertiary/aromatic N) is 2. The van der Waals surface area contributed by atoms with Crippen LogP contribution < -0.4 is 10.2 Å². The number of anilines is 1. The molecule has 2 bridgehead atoms. The zero-order chi connectivity index (χ0) is 34.6. The number of benzene rings is 2. The molecule has 0 aromatic heterocycles. The number of para-hydroxylation sites is 1. The number of fused-ring (bicyclic) bond motifs is 1. The van der Waals surface area contributed by atoms with Crippen molar-refractivity contribution in [1.29, 1.82) is 0 Å². The standard InChI is InChI=1S/C36H41BrClN3O7/c1-4-6-17-27(43)39-22(3)30(23-13-8-7-9-14-23)47-35(46)28-29-33(44)41(19-12-20-42)32(36(29)21-24(37)31(28)48-36)34(45)40(18-5-2)26-16-11-10-15-25(26)38/h4-5,7-11,13-16,22,24,28-32,42H,1-2,6,12,17-21H2,3H3,(H,39,43)/t22-,24?,28+,29-,30-,31+,32+,36-/m1/s1. The number of halogens is 2. The summed E-state index contributed by atoms with van der Waals surface area (Å²) in [6.07, 6.45) is 2.89. The summed E-state index contributed by atoms with van der Waals surface area (Å²) in [5, 5.41) is 13.0. The van der Waals surface area contributed by atoms with Gasteiger partial charge in [0.15, 0.2) is 0 Å². The number of aliphatic hydroxyl groups is 1. The van der Waals surface area contributed by atoms with Crippen LogP contribution in [0.1, 0.15) is 44.3 Å². The molecule has 3 amide bonds. The first kappa shape index (κ1) is 35.8. The number of nitrogens with one attached hydrogen (secondary N) is 1.